The molecule has 0 aliphatic rings. The monoisotopic (exact) mass is 256 g/mol. The minimum Gasteiger partial charge on any atom is -0.497 e. The highest BCUT2D eigenvalue weighted by Gasteiger charge is 2.25. The minimum absolute atomic E-state index is 0.406. The van der Waals surface area contributed by atoms with Gasteiger partial charge in [0, 0.05) is 6.54 Å². The molecule has 0 saturated heterocycles. The van der Waals surface area contributed by atoms with Crippen molar-refractivity contribution < 1.29 is 4.74 Å². The lowest BCUT2D eigenvalue weighted by atomic mass is 9.85. The van der Waals surface area contributed by atoms with Crippen LogP contribution in [0, 0.1) is 0 Å². The van der Waals surface area contributed by atoms with E-state index in [2.05, 4.69) is 0 Å². The SMILES string of the molecule is COc1ccc(CC(N)(CN)c2ccccc2)cc1. The summed E-state index contributed by atoms with van der Waals surface area (Å²) in [5.41, 5.74) is 14.0. The van der Waals surface area contributed by atoms with Gasteiger partial charge in [-0.3, -0.25) is 0 Å². The number of rotatable bonds is 5. The molecular formula is C16H20N2O. The molecular weight excluding hydrogens is 236 g/mol. The summed E-state index contributed by atoms with van der Waals surface area (Å²) in [5, 5.41) is 0. The first-order chi connectivity index (χ1) is 9.18. The van der Waals surface area contributed by atoms with Crippen LogP contribution in [0.3, 0.4) is 0 Å². The van der Waals surface area contributed by atoms with Gasteiger partial charge in [0.15, 0.2) is 0 Å². The molecule has 0 radical (unpaired) electrons. The predicted molar refractivity (Wildman–Crippen MR) is 78.1 cm³/mol. The van der Waals surface area contributed by atoms with Crippen LogP contribution in [0.5, 0.6) is 5.75 Å². The second kappa shape index (κ2) is 5.87. The average Bonchev–Trinajstić information content (AvgIpc) is 2.49. The largest absolute Gasteiger partial charge is 0.497 e. The molecule has 0 aliphatic heterocycles. The Balaban J connectivity index is 2.22. The zero-order chi connectivity index (χ0) is 13.7. The first-order valence-electron chi connectivity index (χ1n) is 6.35. The van der Waals surface area contributed by atoms with Gasteiger partial charge in [-0.15, -0.1) is 0 Å². The van der Waals surface area contributed by atoms with E-state index in [9.17, 15) is 0 Å². The molecule has 0 saturated carbocycles. The zero-order valence-electron chi connectivity index (χ0n) is 11.2. The summed E-state index contributed by atoms with van der Waals surface area (Å²) in [6.07, 6.45) is 0.706. The quantitative estimate of drug-likeness (QED) is 0.860. The Morgan fingerprint density at radius 2 is 1.63 bits per heavy atom. The first kappa shape index (κ1) is 13.6. The van der Waals surface area contributed by atoms with Crippen molar-refractivity contribution >= 4 is 0 Å². The molecule has 0 amide bonds. The van der Waals surface area contributed by atoms with Crippen molar-refractivity contribution in [2.75, 3.05) is 13.7 Å². The Labute approximate surface area is 114 Å². The van der Waals surface area contributed by atoms with E-state index in [1.807, 2.05) is 54.6 Å². The van der Waals surface area contributed by atoms with Gasteiger partial charge in [-0.05, 0) is 29.7 Å². The smallest absolute Gasteiger partial charge is 0.118 e. The lowest BCUT2D eigenvalue weighted by Gasteiger charge is -2.28. The van der Waals surface area contributed by atoms with E-state index in [1.165, 1.54) is 0 Å². The summed E-state index contributed by atoms with van der Waals surface area (Å²) in [4.78, 5) is 0. The molecule has 0 bridgehead atoms. The highest BCUT2D eigenvalue weighted by molar-refractivity contribution is 5.32. The second-order valence-electron chi connectivity index (χ2n) is 4.75. The lowest BCUT2D eigenvalue weighted by Crippen LogP contribution is -2.45. The van der Waals surface area contributed by atoms with E-state index in [0.717, 1.165) is 16.9 Å². The van der Waals surface area contributed by atoms with Crippen LogP contribution in [-0.4, -0.2) is 13.7 Å². The molecule has 0 aromatic heterocycles. The van der Waals surface area contributed by atoms with E-state index in [-0.39, 0.29) is 0 Å². The first-order valence-corrected chi connectivity index (χ1v) is 6.35. The number of benzene rings is 2. The molecule has 1 atom stereocenters. The maximum atomic E-state index is 6.46. The van der Waals surface area contributed by atoms with E-state index >= 15 is 0 Å². The topological polar surface area (TPSA) is 61.3 Å². The van der Waals surface area contributed by atoms with Crippen molar-refractivity contribution in [2.24, 2.45) is 11.5 Å². The van der Waals surface area contributed by atoms with E-state index in [0.29, 0.717) is 13.0 Å². The van der Waals surface area contributed by atoms with Crippen molar-refractivity contribution in [1.29, 1.82) is 0 Å². The summed E-state index contributed by atoms with van der Waals surface area (Å²) in [6.45, 7) is 0.406. The summed E-state index contributed by atoms with van der Waals surface area (Å²) in [7, 11) is 1.66. The van der Waals surface area contributed by atoms with Gasteiger partial charge in [-0.2, -0.15) is 0 Å². The number of nitrogens with two attached hydrogens (primary N) is 2. The third-order valence-corrected chi connectivity index (χ3v) is 3.39. The van der Waals surface area contributed by atoms with Gasteiger partial charge in [-0.1, -0.05) is 42.5 Å². The zero-order valence-corrected chi connectivity index (χ0v) is 11.2. The van der Waals surface area contributed by atoms with Crippen LogP contribution >= 0.6 is 0 Å². The van der Waals surface area contributed by atoms with Gasteiger partial charge in [0.2, 0.25) is 0 Å². The number of ether oxygens (including phenoxy) is 1. The maximum Gasteiger partial charge on any atom is 0.118 e. The molecule has 0 aliphatic carbocycles. The molecule has 0 heterocycles. The van der Waals surface area contributed by atoms with Gasteiger partial charge in [0.05, 0.1) is 12.6 Å². The van der Waals surface area contributed by atoms with Gasteiger partial charge in [0.1, 0.15) is 5.75 Å². The Morgan fingerprint density at radius 3 is 2.16 bits per heavy atom. The molecule has 3 heteroatoms. The Bertz CT molecular complexity index is 510. The summed E-state index contributed by atoms with van der Waals surface area (Å²) in [6, 6.07) is 17.9. The number of hydrogen-bond acceptors (Lipinski definition) is 3. The van der Waals surface area contributed by atoms with Crippen LogP contribution in [-0.2, 0) is 12.0 Å². The Morgan fingerprint density at radius 1 is 1.00 bits per heavy atom. The molecule has 0 fully saturated rings. The standard InChI is InChI=1S/C16H20N2O/c1-19-15-9-7-13(8-10-15)11-16(18,12-17)14-5-3-2-4-6-14/h2-10H,11-12,17-18H2,1H3. The molecule has 1 unspecified atom stereocenters. The fraction of sp³-hybridized carbons (Fsp3) is 0.250. The fourth-order valence-corrected chi connectivity index (χ4v) is 2.17. The van der Waals surface area contributed by atoms with Crippen LogP contribution in [0.15, 0.2) is 54.6 Å². The molecule has 4 N–H and O–H groups in total. The molecule has 2 aromatic rings. The van der Waals surface area contributed by atoms with Crippen LogP contribution < -0.4 is 16.2 Å². The van der Waals surface area contributed by atoms with E-state index in [4.69, 9.17) is 16.2 Å². The van der Waals surface area contributed by atoms with Gasteiger partial charge in [-0.25, -0.2) is 0 Å². The Hall–Kier alpha value is -1.84. The van der Waals surface area contributed by atoms with Crippen LogP contribution in [0.25, 0.3) is 0 Å². The molecule has 100 valence electrons. The van der Waals surface area contributed by atoms with Crippen LogP contribution in [0.4, 0.5) is 0 Å². The molecule has 19 heavy (non-hydrogen) atoms. The highest BCUT2D eigenvalue weighted by Crippen LogP contribution is 2.23. The van der Waals surface area contributed by atoms with Crippen molar-refractivity contribution in [3.63, 3.8) is 0 Å². The lowest BCUT2D eigenvalue weighted by molar-refractivity contribution is 0.414. The fourth-order valence-electron chi connectivity index (χ4n) is 2.17. The van der Waals surface area contributed by atoms with Crippen molar-refractivity contribution in [3.05, 3.63) is 65.7 Å². The third kappa shape index (κ3) is 3.13. The predicted octanol–water partition coefficient (Wildman–Crippen LogP) is 2.05. The second-order valence-corrected chi connectivity index (χ2v) is 4.75. The number of methoxy groups -OCH3 is 1. The molecule has 2 rings (SSSR count). The average molecular weight is 256 g/mol. The normalized spacial score (nSPS) is 13.8. The van der Waals surface area contributed by atoms with Gasteiger partial charge in [0.25, 0.3) is 0 Å². The Kier molecular flexibility index (Phi) is 4.20. The van der Waals surface area contributed by atoms with Crippen molar-refractivity contribution in [1.82, 2.24) is 0 Å². The molecule has 2 aromatic carbocycles. The van der Waals surface area contributed by atoms with E-state index < -0.39 is 5.54 Å². The summed E-state index contributed by atoms with van der Waals surface area (Å²) < 4.78 is 5.15. The maximum absolute atomic E-state index is 6.46. The highest BCUT2D eigenvalue weighted by atomic mass is 16.5. The van der Waals surface area contributed by atoms with Gasteiger partial charge >= 0.3 is 0 Å². The van der Waals surface area contributed by atoms with Crippen LogP contribution in [0.2, 0.25) is 0 Å². The summed E-state index contributed by atoms with van der Waals surface area (Å²) in [5.74, 6) is 0.846. The third-order valence-electron chi connectivity index (χ3n) is 3.39. The molecule has 3 nitrogen and oxygen atoms in total. The van der Waals surface area contributed by atoms with Crippen molar-refractivity contribution in [3.8, 4) is 5.75 Å². The minimum atomic E-state index is -0.532. The summed E-state index contributed by atoms with van der Waals surface area (Å²) >= 11 is 0. The number of hydrogen-bond donors (Lipinski definition) is 2. The van der Waals surface area contributed by atoms with Crippen LogP contribution in [0.1, 0.15) is 11.1 Å². The van der Waals surface area contributed by atoms with E-state index in [1.54, 1.807) is 7.11 Å². The molecule has 0 spiro atoms. The van der Waals surface area contributed by atoms with Crippen molar-refractivity contribution in [2.45, 2.75) is 12.0 Å². The van der Waals surface area contributed by atoms with Gasteiger partial charge < -0.3 is 16.2 Å².